The molecule has 2 aromatic rings. The number of likely N-dealkylation sites (N-methyl/N-ethyl adjacent to an activating group) is 1. The highest BCUT2D eigenvalue weighted by molar-refractivity contribution is 14.1. The van der Waals surface area contributed by atoms with Gasteiger partial charge in [-0.3, -0.25) is 14.7 Å². The monoisotopic (exact) mass is 608 g/mol. The lowest BCUT2D eigenvalue weighted by molar-refractivity contribution is -0.121. The van der Waals surface area contributed by atoms with Crippen LogP contribution >= 0.6 is 56.9 Å². The van der Waals surface area contributed by atoms with E-state index < -0.39 is 0 Å². The van der Waals surface area contributed by atoms with Gasteiger partial charge in [0.05, 0.1) is 12.0 Å². The number of halogens is 3. The van der Waals surface area contributed by atoms with E-state index in [0.717, 1.165) is 12.7 Å². The van der Waals surface area contributed by atoms with Gasteiger partial charge in [0.1, 0.15) is 18.2 Å². The van der Waals surface area contributed by atoms with Crippen molar-refractivity contribution in [2.75, 3.05) is 14.1 Å². The SMILES string of the molecule is CN=C1S/C(=C\c2cc(I)c(OCc3ccccc3F)c(I)c2)C(=O)N1C. The molecule has 1 amide bonds. The molecule has 2 aromatic carbocycles. The maximum absolute atomic E-state index is 13.8. The lowest BCUT2D eigenvalue weighted by Gasteiger charge is -2.12. The van der Waals surface area contributed by atoms with Crippen molar-refractivity contribution in [2.24, 2.45) is 4.99 Å². The second-order valence-corrected chi connectivity index (χ2v) is 9.01. The number of amidine groups is 1. The quantitative estimate of drug-likeness (QED) is 0.357. The van der Waals surface area contributed by atoms with Crippen LogP contribution in [-0.4, -0.2) is 30.1 Å². The van der Waals surface area contributed by atoms with Crippen LogP contribution in [0.2, 0.25) is 0 Å². The summed E-state index contributed by atoms with van der Waals surface area (Å²) in [7, 11) is 3.38. The second kappa shape index (κ2) is 8.91. The fourth-order valence-corrected chi connectivity index (χ4v) is 5.52. The van der Waals surface area contributed by atoms with E-state index in [4.69, 9.17) is 4.74 Å². The van der Waals surface area contributed by atoms with Crippen molar-refractivity contribution in [3.63, 3.8) is 0 Å². The van der Waals surface area contributed by atoms with E-state index in [2.05, 4.69) is 50.2 Å². The molecule has 0 spiro atoms. The predicted octanol–water partition coefficient (Wildman–Crippen LogP) is 5.15. The number of hydrogen-bond donors (Lipinski definition) is 0. The first kappa shape index (κ1) is 20.6. The first-order valence-corrected chi connectivity index (χ1v) is 10.9. The number of thioether (sulfide) groups is 1. The number of amides is 1. The number of rotatable bonds is 4. The number of nitrogens with zero attached hydrogens (tertiary/aromatic N) is 2. The molecule has 3 rings (SSSR count). The van der Waals surface area contributed by atoms with Gasteiger partial charge in [0, 0.05) is 19.7 Å². The lowest BCUT2D eigenvalue weighted by atomic mass is 10.2. The van der Waals surface area contributed by atoms with Crippen LogP contribution < -0.4 is 4.74 Å². The minimum Gasteiger partial charge on any atom is -0.487 e. The third kappa shape index (κ3) is 4.65. The highest BCUT2D eigenvalue weighted by Crippen LogP contribution is 2.34. The van der Waals surface area contributed by atoms with Crippen LogP contribution in [-0.2, 0) is 11.4 Å². The van der Waals surface area contributed by atoms with E-state index in [1.54, 1.807) is 37.2 Å². The first-order chi connectivity index (χ1) is 12.9. The summed E-state index contributed by atoms with van der Waals surface area (Å²) in [5.74, 6) is 0.364. The molecule has 0 aliphatic carbocycles. The van der Waals surface area contributed by atoms with Gasteiger partial charge in [-0.05, 0) is 86.8 Å². The molecule has 27 heavy (non-hydrogen) atoms. The molecule has 0 radical (unpaired) electrons. The molecule has 0 atom stereocenters. The molecule has 0 N–H and O–H groups in total. The topological polar surface area (TPSA) is 41.9 Å². The molecular weight excluding hydrogens is 593 g/mol. The number of hydrogen-bond acceptors (Lipinski definition) is 4. The van der Waals surface area contributed by atoms with Crippen LogP contribution in [0.1, 0.15) is 11.1 Å². The van der Waals surface area contributed by atoms with E-state index in [-0.39, 0.29) is 18.3 Å². The van der Waals surface area contributed by atoms with Gasteiger partial charge in [-0.15, -0.1) is 0 Å². The Kier molecular flexibility index (Phi) is 6.79. The maximum Gasteiger partial charge on any atom is 0.266 e. The third-order valence-corrected chi connectivity index (χ3v) is 6.60. The van der Waals surface area contributed by atoms with Gasteiger partial charge >= 0.3 is 0 Å². The Morgan fingerprint density at radius 3 is 2.52 bits per heavy atom. The summed E-state index contributed by atoms with van der Waals surface area (Å²) in [4.78, 5) is 18.6. The van der Waals surface area contributed by atoms with Crippen molar-refractivity contribution in [3.8, 4) is 5.75 Å². The van der Waals surface area contributed by atoms with Gasteiger partial charge in [-0.1, -0.05) is 18.2 Å². The zero-order valence-corrected chi connectivity index (χ0v) is 19.6. The number of benzene rings is 2. The zero-order chi connectivity index (χ0) is 19.6. The third-order valence-electron chi connectivity index (χ3n) is 3.84. The largest absolute Gasteiger partial charge is 0.487 e. The molecule has 1 aliphatic rings. The Morgan fingerprint density at radius 2 is 1.93 bits per heavy atom. The maximum atomic E-state index is 13.8. The second-order valence-electron chi connectivity index (χ2n) is 5.67. The number of ether oxygens (including phenoxy) is 1. The predicted molar refractivity (Wildman–Crippen MR) is 124 cm³/mol. The molecule has 1 aliphatic heterocycles. The van der Waals surface area contributed by atoms with Crippen molar-refractivity contribution in [3.05, 3.63) is 65.4 Å². The fourth-order valence-electron chi connectivity index (χ4n) is 2.47. The molecule has 8 heteroatoms. The van der Waals surface area contributed by atoms with Crippen LogP contribution in [0.15, 0.2) is 46.3 Å². The van der Waals surface area contributed by atoms with Crippen molar-refractivity contribution in [1.29, 1.82) is 0 Å². The standard InChI is InChI=1S/C19H15FI2N2O2S/c1-23-19-24(2)18(25)16(27-19)9-11-7-14(21)17(15(22)8-11)26-10-12-5-3-4-6-13(12)20/h3-9H,10H2,1-2H3/b16-9-,23-19?. The summed E-state index contributed by atoms with van der Waals surface area (Å²) >= 11 is 5.74. The molecule has 0 bridgehead atoms. The van der Waals surface area contributed by atoms with E-state index >= 15 is 0 Å². The summed E-state index contributed by atoms with van der Waals surface area (Å²) in [5.41, 5.74) is 1.42. The van der Waals surface area contributed by atoms with Crippen LogP contribution in [0.4, 0.5) is 4.39 Å². The molecule has 140 valence electrons. The van der Waals surface area contributed by atoms with Gasteiger partial charge in [0.15, 0.2) is 5.17 Å². The van der Waals surface area contributed by atoms with Crippen LogP contribution in [0, 0.1) is 13.0 Å². The summed E-state index contributed by atoms with van der Waals surface area (Å²) in [6, 6.07) is 10.5. The van der Waals surface area contributed by atoms with Crippen LogP contribution in [0.25, 0.3) is 6.08 Å². The molecule has 1 saturated heterocycles. The average Bonchev–Trinajstić information content (AvgIpc) is 2.90. The Hall–Kier alpha value is -1.14. The fraction of sp³-hybridized carbons (Fsp3) is 0.158. The molecule has 1 fully saturated rings. The van der Waals surface area contributed by atoms with E-state index in [1.165, 1.54) is 17.8 Å². The molecule has 4 nitrogen and oxygen atoms in total. The molecule has 0 saturated carbocycles. The average molecular weight is 608 g/mol. The van der Waals surface area contributed by atoms with Crippen molar-refractivity contribution < 1.29 is 13.9 Å². The molecule has 1 heterocycles. The van der Waals surface area contributed by atoms with E-state index in [1.807, 2.05) is 18.2 Å². The minimum absolute atomic E-state index is 0.0644. The van der Waals surface area contributed by atoms with Gasteiger partial charge in [0.25, 0.3) is 5.91 Å². The van der Waals surface area contributed by atoms with Crippen LogP contribution in [0.3, 0.4) is 0 Å². The minimum atomic E-state index is -0.279. The summed E-state index contributed by atoms with van der Waals surface area (Å²) in [5, 5.41) is 0.681. The number of carbonyl (C=O) groups excluding carboxylic acids is 1. The van der Waals surface area contributed by atoms with Crippen LogP contribution in [0.5, 0.6) is 5.75 Å². The Morgan fingerprint density at radius 1 is 1.26 bits per heavy atom. The highest BCUT2D eigenvalue weighted by atomic mass is 127. The lowest BCUT2D eigenvalue weighted by Crippen LogP contribution is -2.23. The van der Waals surface area contributed by atoms with E-state index in [0.29, 0.717) is 21.4 Å². The smallest absolute Gasteiger partial charge is 0.266 e. The van der Waals surface area contributed by atoms with Gasteiger partial charge < -0.3 is 4.74 Å². The van der Waals surface area contributed by atoms with E-state index in [9.17, 15) is 9.18 Å². The number of aliphatic imine (C=N–C) groups is 1. The normalized spacial score (nSPS) is 17.2. The van der Waals surface area contributed by atoms with Gasteiger partial charge in [0.2, 0.25) is 0 Å². The molecular formula is C19H15FI2N2O2S. The summed E-state index contributed by atoms with van der Waals surface area (Å²) in [6.45, 7) is 0.161. The van der Waals surface area contributed by atoms with Gasteiger partial charge in [-0.25, -0.2) is 4.39 Å². The summed E-state index contributed by atoms with van der Waals surface area (Å²) < 4.78 is 21.4. The first-order valence-electron chi connectivity index (χ1n) is 7.90. The Bertz CT molecular complexity index is 939. The van der Waals surface area contributed by atoms with Crippen molar-refractivity contribution in [1.82, 2.24) is 4.90 Å². The Balaban J connectivity index is 1.82. The Labute approximate surface area is 188 Å². The van der Waals surface area contributed by atoms with Gasteiger partial charge in [-0.2, -0.15) is 0 Å². The molecule has 0 unspecified atom stereocenters. The zero-order valence-electron chi connectivity index (χ0n) is 14.5. The molecule has 0 aromatic heterocycles. The number of carbonyl (C=O) groups is 1. The van der Waals surface area contributed by atoms with Crippen molar-refractivity contribution >= 4 is 74.1 Å². The van der Waals surface area contributed by atoms with Crippen molar-refractivity contribution in [2.45, 2.75) is 6.61 Å². The highest BCUT2D eigenvalue weighted by Gasteiger charge is 2.29. The summed E-state index contributed by atoms with van der Waals surface area (Å²) in [6.07, 6.45) is 1.85.